The Kier molecular flexibility index (Phi) is 7.01. The van der Waals surface area contributed by atoms with Gasteiger partial charge in [-0.15, -0.1) is 11.3 Å². The minimum Gasteiger partial charge on any atom is -0.490 e. The maximum Gasteiger partial charge on any atom is 0.282 e. The van der Waals surface area contributed by atoms with Crippen molar-refractivity contribution in [2.24, 2.45) is 0 Å². The highest BCUT2D eigenvalue weighted by Gasteiger charge is 2.21. The first-order valence-electron chi connectivity index (χ1n) is 10.2. The molecule has 0 saturated heterocycles. The number of nitrogens with zero attached hydrogens (tertiary/aromatic N) is 1. The van der Waals surface area contributed by atoms with Gasteiger partial charge in [-0.1, -0.05) is 42.5 Å². The Bertz CT molecular complexity index is 1220. The summed E-state index contributed by atoms with van der Waals surface area (Å²) in [6.07, 6.45) is 1.54. The number of carbonyl (C=O) groups is 2. The van der Waals surface area contributed by atoms with Gasteiger partial charge in [0.05, 0.1) is 18.6 Å². The molecule has 0 radical (unpaired) electrons. The van der Waals surface area contributed by atoms with E-state index in [-0.39, 0.29) is 6.61 Å². The fourth-order valence-corrected chi connectivity index (χ4v) is 3.93. The molecule has 0 saturated carbocycles. The number of hydrogen-bond acceptors (Lipinski definition) is 7. The van der Waals surface area contributed by atoms with Crippen LogP contribution in [0, 0.1) is 0 Å². The van der Waals surface area contributed by atoms with E-state index in [9.17, 15) is 9.59 Å². The third-order valence-electron chi connectivity index (χ3n) is 4.44. The van der Waals surface area contributed by atoms with E-state index in [0.29, 0.717) is 39.4 Å². The first-order chi connectivity index (χ1) is 16.2. The number of furan rings is 1. The molecule has 0 aliphatic rings. The summed E-state index contributed by atoms with van der Waals surface area (Å²) in [7, 11) is 0. The predicted molar refractivity (Wildman–Crippen MR) is 124 cm³/mol. The van der Waals surface area contributed by atoms with E-state index < -0.39 is 11.8 Å². The quantitative estimate of drug-likeness (QED) is 0.378. The molecular formula is C24H21N3O5S. The minimum absolute atomic E-state index is 0.295. The molecule has 168 valence electrons. The van der Waals surface area contributed by atoms with Crippen molar-refractivity contribution in [2.45, 2.75) is 6.92 Å². The van der Waals surface area contributed by atoms with Crippen LogP contribution in [0.1, 0.15) is 16.6 Å². The van der Waals surface area contributed by atoms with Crippen LogP contribution in [0.3, 0.4) is 0 Å². The van der Waals surface area contributed by atoms with Crippen LogP contribution in [0.25, 0.3) is 22.0 Å². The number of ether oxygens (including phenoxy) is 2. The maximum atomic E-state index is 12.9. The first kappa shape index (κ1) is 22.1. The number of benzene rings is 2. The topological polar surface area (TPSA) is 103 Å². The average Bonchev–Trinajstić information content (AvgIpc) is 3.53. The molecular weight excluding hydrogens is 442 g/mol. The molecule has 2 N–H and O–H groups in total. The van der Waals surface area contributed by atoms with E-state index in [1.54, 1.807) is 36.6 Å². The van der Waals surface area contributed by atoms with Crippen molar-refractivity contribution >= 4 is 23.2 Å². The predicted octanol–water partition coefficient (Wildman–Crippen LogP) is 4.31. The zero-order valence-corrected chi connectivity index (χ0v) is 18.6. The lowest BCUT2D eigenvalue weighted by Gasteiger charge is -2.12. The van der Waals surface area contributed by atoms with Gasteiger partial charge in [0, 0.05) is 5.56 Å². The normalized spacial score (nSPS) is 10.5. The zero-order chi connectivity index (χ0) is 23.0. The summed E-state index contributed by atoms with van der Waals surface area (Å²) < 4.78 is 16.4. The number of rotatable bonds is 8. The monoisotopic (exact) mass is 463 g/mol. The van der Waals surface area contributed by atoms with Gasteiger partial charge in [-0.25, -0.2) is 4.98 Å². The number of nitrogens with one attached hydrogen (secondary N) is 2. The van der Waals surface area contributed by atoms with E-state index in [4.69, 9.17) is 13.9 Å². The Balaban J connectivity index is 1.43. The molecule has 4 rings (SSSR count). The van der Waals surface area contributed by atoms with Crippen molar-refractivity contribution in [1.29, 1.82) is 0 Å². The third kappa shape index (κ3) is 5.39. The van der Waals surface area contributed by atoms with Crippen LogP contribution in [-0.4, -0.2) is 30.0 Å². The van der Waals surface area contributed by atoms with Gasteiger partial charge in [0.2, 0.25) is 0 Å². The van der Waals surface area contributed by atoms with E-state index in [0.717, 1.165) is 5.56 Å². The summed E-state index contributed by atoms with van der Waals surface area (Å²) >= 11 is 1.17. The molecule has 0 bridgehead atoms. The molecule has 0 unspecified atom stereocenters. The standard InChI is InChI=1S/C24H21N3O5S/c1-2-30-17-11-6-7-12-18(17)32-15-20(28)26-27-23(29)22-21(16-9-4-3-5-10-16)25-24(33-22)19-13-8-14-31-19/h3-14H,2,15H2,1H3,(H,26,28)(H,27,29). The second-order valence-corrected chi connectivity index (χ2v) is 7.71. The summed E-state index contributed by atoms with van der Waals surface area (Å²) in [5, 5.41) is 0.561. The van der Waals surface area contributed by atoms with Gasteiger partial charge < -0.3 is 13.9 Å². The van der Waals surface area contributed by atoms with Crippen LogP contribution in [-0.2, 0) is 4.79 Å². The Morgan fingerprint density at radius 1 is 0.939 bits per heavy atom. The highest BCUT2D eigenvalue weighted by atomic mass is 32.1. The van der Waals surface area contributed by atoms with Crippen molar-refractivity contribution in [3.05, 3.63) is 77.9 Å². The Labute approximate surface area is 194 Å². The molecule has 0 spiro atoms. The number of hydrogen-bond donors (Lipinski definition) is 2. The molecule has 2 aromatic heterocycles. The van der Waals surface area contributed by atoms with E-state index in [2.05, 4.69) is 15.8 Å². The molecule has 0 fully saturated rings. The second kappa shape index (κ2) is 10.5. The average molecular weight is 464 g/mol. The van der Waals surface area contributed by atoms with Gasteiger partial charge in [0.15, 0.2) is 28.9 Å². The third-order valence-corrected chi connectivity index (χ3v) is 5.50. The summed E-state index contributed by atoms with van der Waals surface area (Å²) in [5.74, 6) is 0.526. The highest BCUT2D eigenvalue weighted by Crippen LogP contribution is 2.34. The van der Waals surface area contributed by atoms with Crippen molar-refractivity contribution < 1.29 is 23.5 Å². The lowest BCUT2D eigenvalue weighted by Crippen LogP contribution is -2.43. The lowest BCUT2D eigenvalue weighted by molar-refractivity contribution is -0.123. The van der Waals surface area contributed by atoms with Crippen molar-refractivity contribution in [2.75, 3.05) is 13.2 Å². The van der Waals surface area contributed by atoms with Gasteiger partial charge in [-0.3, -0.25) is 20.4 Å². The van der Waals surface area contributed by atoms with E-state index in [1.165, 1.54) is 11.3 Å². The highest BCUT2D eigenvalue weighted by molar-refractivity contribution is 7.17. The second-order valence-electron chi connectivity index (χ2n) is 6.71. The van der Waals surface area contributed by atoms with Crippen molar-refractivity contribution in [1.82, 2.24) is 15.8 Å². The van der Waals surface area contributed by atoms with Crippen molar-refractivity contribution in [3.8, 4) is 33.5 Å². The number of amides is 2. The first-order valence-corrected chi connectivity index (χ1v) is 11.0. The van der Waals surface area contributed by atoms with E-state index >= 15 is 0 Å². The summed E-state index contributed by atoms with van der Waals surface area (Å²) in [6.45, 7) is 2.04. The van der Waals surface area contributed by atoms with Crippen LogP contribution in [0.2, 0.25) is 0 Å². The maximum absolute atomic E-state index is 12.9. The molecule has 8 nitrogen and oxygen atoms in total. The number of carbonyl (C=O) groups excluding carboxylic acids is 2. The fourth-order valence-electron chi connectivity index (χ4n) is 2.98. The molecule has 4 aromatic rings. The number of para-hydroxylation sites is 2. The smallest absolute Gasteiger partial charge is 0.282 e. The molecule has 0 aliphatic heterocycles. The van der Waals surface area contributed by atoms with Crippen molar-refractivity contribution in [3.63, 3.8) is 0 Å². The van der Waals surface area contributed by atoms with Crippen LogP contribution in [0.5, 0.6) is 11.5 Å². The molecule has 0 aliphatic carbocycles. The van der Waals surface area contributed by atoms with Crippen LogP contribution >= 0.6 is 11.3 Å². The largest absolute Gasteiger partial charge is 0.490 e. The number of hydrazine groups is 1. The molecule has 0 atom stereocenters. The molecule has 2 amide bonds. The molecule has 2 heterocycles. The van der Waals surface area contributed by atoms with Gasteiger partial charge in [0.25, 0.3) is 11.8 Å². The SMILES string of the molecule is CCOc1ccccc1OCC(=O)NNC(=O)c1sc(-c2ccco2)nc1-c1ccccc1. The Morgan fingerprint density at radius 2 is 1.67 bits per heavy atom. The van der Waals surface area contributed by atoms with Crippen LogP contribution < -0.4 is 20.3 Å². The molecule has 2 aromatic carbocycles. The van der Waals surface area contributed by atoms with Gasteiger partial charge in [-0.2, -0.15) is 0 Å². The van der Waals surface area contributed by atoms with Gasteiger partial charge in [0.1, 0.15) is 4.88 Å². The van der Waals surface area contributed by atoms with Crippen LogP contribution in [0.15, 0.2) is 77.4 Å². The summed E-state index contributed by atoms with van der Waals surface area (Å²) in [6, 6.07) is 19.9. The lowest BCUT2D eigenvalue weighted by atomic mass is 10.1. The summed E-state index contributed by atoms with van der Waals surface area (Å²) in [4.78, 5) is 30.1. The minimum atomic E-state index is -0.522. The Morgan fingerprint density at radius 3 is 2.36 bits per heavy atom. The zero-order valence-electron chi connectivity index (χ0n) is 17.7. The van der Waals surface area contributed by atoms with E-state index in [1.807, 2.05) is 43.3 Å². The fraction of sp³-hybridized carbons (Fsp3) is 0.125. The van der Waals surface area contributed by atoms with Gasteiger partial charge in [-0.05, 0) is 31.2 Å². The Hall–Kier alpha value is -4.11. The number of thiazole rings is 1. The molecule has 33 heavy (non-hydrogen) atoms. The van der Waals surface area contributed by atoms with Crippen LogP contribution in [0.4, 0.5) is 0 Å². The van der Waals surface area contributed by atoms with Gasteiger partial charge >= 0.3 is 0 Å². The molecule has 9 heteroatoms. The number of aromatic nitrogens is 1. The summed E-state index contributed by atoms with van der Waals surface area (Å²) in [5.41, 5.74) is 6.09.